The molecule has 2 aromatic rings. The van der Waals surface area contributed by atoms with Crippen molar-refractivity contribution in [3.05, 3.63) is 35.4 Å². The van der Waals surface area contributed by atoms with Crippen LogP contribution in [-0.4, -0.2) is 52.9 Å². The average molecular weight is 346 g/mol. The Hall–Kier alpha value is -2.18. The van der Waals surface area contributed by atoms with Crippen molar-refractivity contribution < 1.29 is 4.79 Å². The minimum atomic E-state index is -0.553. The van der Waals surface area contributed by atoms with Gasteiger partial charge in [0.15, 0.2) is 5.82 Å². The molecule has 1 aromatic carbocycles. The van der Waals surface area contributed by atoms with Gasteiger partial charge in [0.1, 0.15) is 5.54 Å². The minimum absolute atomic E-state index is 0.0907. The first-order chi connectivity index (χ1) is 11.4. The zero-order valence-electron chi connectivity index (χ0n) is 13.9. The number of fused-ring (bicyclic) bond motifs is 1. The SMILES string of the molecule is CC(N(C)C)C1(CC(=O)Nc2n[nH]c3cc(Cl)ccc23)C=CC=N1. The maximum absolute atomic E-state index is 12.6. The highest BCUT2D eigenvalue weighted by Crippen LogP contribution is 2.30. The second-order valence-corrected chi connectivity index (χ2v) is 6.69. The lowest BCUT2D eigenvalue weighted by molar-refractivity contribution is -0.117. The number of anilines is 1. The van der Waals surface area contributed by atoms with Crippen LogP contribution in [0.3, 0.4) is 0 Å². The number of hydrogen-bond donors (Lipinski definition) is 2. The van der Waals surface area contributed by atoms with Crippen molar-refractivity contribution in [2.75, 3.05) is 19.4 Å². The minimum Gasteiger partial charge on any atom is -0.309 e. The molecule has 126 valence electrons. The van der Waals surface area contributed by atoms with Gasteiger partial charge < -0.3 is 10.2 Å². The number of halogens is 1. The Bertz CT molecular complexity index is 811. The Morgan fingerprint density at radius 2 is 2.25 bits per heavy atom. The highest BCUT2D eigenvalue weighted by molar-refractivity contribution is 6.31. The van der Waals surface area contributed by atoms with Crippen LogP contribution in [0.5, 0.6) is 0 Å². The van der Waals surface area contributed by atoms with Gasteiger partial charge in [-0.25, -0.2) is 0 Å². The van der Waals surface area contributed by atoms with E-state index >= 15 is 0 Å². The van der Waals surface area contributed by atoms with Crippen molar-refractivity contribution >= 4 is 40.4 Å². The third kappa shape index (κ3) is 3.07. The summed E-state index contributed by atoms with van der Waals surface area (Å²) in [5.41, 5.74) is 0.233. The highest BCUT2D eigenvalue weighted by Gasteiger charge is 2.38. The number of allylic oxidation sites excluding steroid dienone is 1. The van der Waals surface area contributed by atoms with Gasteiger partial charge in [0.25, 0.3) is 0 Å². The number of aromatic amines is 1. The number of carbonyl (C=O) groups is 1. The molecular formula is C17H20ClN5O. The van der Waals surface area contributed by atoms with Crippen LogP contribution in [0.2, 0.25) is 5.02 Å². The molecule has 0 radical (unpaired) electrons. The van der Waals surface area contributed by atoms with Gasteiger partial charge in [-0.3, -0.25) is 14.9 Å². The molecule has 1 amide bonds. The first-order valence-corrected chi connectivity index (χ1v) is 8.12. The van der Waals surface area contributed by atoms with Crippen LogP contribution >= 0.6 is 11.6 Å². The largest absolute Gasteiger partial charge is 0.309 e. The lowest BCUT2D eigenvalue weighted by Gasteiger charge is -2.35. The predicted octanol–water partition coefficient (Wildman–Crippen LogP) is 2.87. The third-order valence-electron chi connectivity index (χ3n) is 4.51. The van der Waals surface area contributed by atoms with E-state index in [1.807, 2.05) is 32.3 Å². The fourth-order valence-corrected chi connectivity index (χ4v) is 3.07. The summed E-state index contributed by atoms with van der Waals surface area (Å²) in [6.07, 6.45) is 5.87. The number of hydrogen-bond acceptors (Lipinski definition) is 4. The number of H-pyrrole nitrogens is 1. The Balaban J connectivity index is 1.79. The Morgan fingerprint density at radius 3 is 2.92 bits per heavy atom. The molecule has 7 heteroatoms. The topological polar surface area (TPSA) is 73.4 Å². The second kappa shape index (κ2) is 6.37. The summed E-state index contributed by atoms with van der Waals surface area (Å²) < 4.78 is 0. The van der Waals surface area contributed by atoms with Crippen molar-refractivity contribution in [3.8, 4) is 0 Å². The zero-order chi connectivity index (χ0) is 17.3. The molecule has 6 nitrogen and oxygen atoms in total. The standard InChI is InChI=1S/C17H20ClN5O/c1-11(23(2)3)17(7-4-8-19-17)10-15(24)20-16-13-6-5-12(18)9-14(13)21-22-16/h4-9,11H,10H2,1-3H3,(H2,20,21,22,24). The normalized spacial score (nSPS) is 20.9. The molecule has 2 atom stereocenters. The molecule has 2 heterocycles. The number of nitrogens with zero attached hydrogens (tertiary/aromatic N) is 3. The molecule has 1 aliphatic heterocycles. The Morgan fingerprint density at radius 1 is 1.46 bits per heavy atom. The van der Waals surface area contributed by atoms with Crippen LogP contribution in [0.4, 0.5) is 5.82 Å². The summed E-state index contributed by atoms with van der Waals surface area (Å²) in [6.45, 7) is 2.06. The van der Waals surface area contributed by atoms with Crippen LogP contribution < -0.4 is 5.32 Å². The molecule has 2 N–H and O–H groups in total. The van der Waals surface area contributed by atoms with E-state index in [9.17, 15) is 4.79 Å². The van der Waals surface area contributed by atoms with Crippen LogP contribution in [0.15, 0.2) is 35.3 Å². The molecular weight excluding hydrogens is 326 g/mol. The number of amides is 1. The Kier molecular flexibility index (Phi) is 4.43. The first kappa shape index (κ1) is 16.7. The fourth-order valence-electron chi connectivity index (χ4n) is 2.90. The number of nitrogens with one attached hydrogen (secondary N) is 2. The van der Waals surface area contributed by atoms with E-state index < -0.39 is 5.54 Å². The van der Waals surface area contributed by atoms with Crippen LogP contribution in [0, 0.1) is 0 Å². The predicted molar refractivity (Wildman–Crippen MR) is 97.9 cm³/mol. The summed E-state index contributed by atoms with van der Waals surface area (Å²) in [5, 5.41) is 11.4. The zero-order valence-corrected chi connectivity index (χ0v) is 14.6. The molecule has 2 unspecified atom stereocenters. The molecule has 1 aliphatic rings. The average Bonchev–Trinajstić information content (AvgIpc) is 3.14. The monoisotopic (exact) mass is 345 g/mol. The molecule has 0 aliphatic carbocycles. The number of benzene rings is 1. The van der Waals surface area contributed by atoms with Gasteiger partial charge in [-0.05, 0) is 45.3 Å². The number of aromatic nitrogens is 2. The van der Waals surface area contributed by atoms with Gasteiger partial charge >= 0.3 is 0 Å². The highest BCUT2D eigenvalue weighted by atomic mass is 35.5. The van der Waals surface area contributed by atoms with Crippen molar-refractivity contribution in [2.45, 2.75) is 24.9 Å². The van der Waals surface area contributed by atoms with Gasteiger partial charge in [-0.15, -0.1) is 0 Å². The van der Waals surface area contributed by atoms with Crippen molar-refractivity contribution in [1.29, 1.82) is 0 Å². The maximum Gasteiger partial charge on any atom is 0.228 e. The summed E-state index contributed by atoms with van der Waals surface area (Å²) >= 11 is 5.97. The van der Waals surface area contributed by atoms with E-state index in [1.54, 1.807) is 18.3 Å². The molecule has 0 fully saturated rings. The fraction of sp³-hybridized carbons (Fsp3) is 0.353. The van der Waals surface area contributed by atoms with E-state index in [0.717, 1.165) is 10.9 Å². The number of aliphatic imine (C=N–C) groups is 1. The van der Waals surface area contributed by atoms with E-state index in [-0.39, 0.29) is 18.4 Å². The number of likely N-dealkylation sites (N-methyl/N-ethyl adjacent to an activating group) is 1. The molecule has 0 bridgehead atoms. The summed E-state index contributed by atoms with van der Waals surface area (Å²) in [5.74, 6) is 0.376. The van der Waals surface area contributed by atoms with Crippen LogP contribution in [0.1, 0.15) is 13.3 Å². The van der Waals surface area contributed by atoms with Gasteiger partial charge in [0.05, 0.1) is 11.9 Å². The van der Waals surface area contributed by atoms with E-state index in [4.69, 9.17) is 11.6 Å². The van der Waals surface area contributed by atoms with Gasteiger partial charge in [0, 0.05) is 22.7 Å². The van der Waals surface area contributed by atoms with E-state index in [1.165, 1.54) is 0 Å². The summed E-state index contributed by atoms with van der Waals surface area (Å²) in [4.78, 5) is 19.2. The lowest BCUT2D eigenvalue weighted by Crippen LogP contribution is -2.47. The molecule has 0 spiro atoms. The van der Waals surface area contributed by atoms with Crippen LogP contribution in [-0.2, 0) is 4.79 Å². The molecule has 3 rings (SSSR count). The molecule has 24 heavy (non-hydrogen) atoms. The molecule has 0 saturated heterocycles. The van der Waals surface area contributed by atoms with Crippen molar-refractivity contribution in [1.82, 2.24) is 15.1 Å². The maximum atomic E-state index is 12.6. The quantitative estimate of drug-likeness (QED) is 0.875. The Labute approximate surface area is 145 Å². The van der Waals surface area contributed by atoms with Gasteiger partial charge in [0.2, 0.25) is 5.91 Å². The van der Waals surface area contributed by atoms with Gasteiger partial charge in [-0.1, -0.05) is 17.7 Å². The number of rotatable bonds is 5. The number of carbonyl (C=O) groups excluding carboxylic acids is 1. The smallest absolute Gasteiger partial charge is 0.228 e. The van der Waals surface area contributed by atoms with Crippen LogP contribution in [0.25, 0.3) is 10.9 Å². The van der Waals surface area contributed by atoms with Crippen molar-refractivity contribution in [2.24, 2.45) is 4.99 Å². The third-order valence-corrected chi connectivity index (χ3v) is 4.75. The second-order valence-electron chi connectivity index (χ2n) is 6.26. The van der Waals surface area contributed by atoms with E-state index in [0.29, 0.717) is 10.8 Å². The van der Waals surface area contributed by atoms with E-state index in [2.05, 4.69) is 32.3 Å². The summed E-state index contributed by atoms with van der Waals surface area (Å²) in [6, 6.07) is 5.48. The first-order valence-electron chi connectivity index (χ1n) is 7.74. The molecule has 1 aromatic heterocycles. The lowest BCUT2D eigenvalue weighted by atomic mass is 9.87. The molecule has 0 saturated carbocycles. The van der Waals surface area contributed by atoms with Crippen molar-refractivity contribution in [3.63, 3.8) is 0 Å². The summed E-state index contributed by atoms with van der Waals surface area (Å²) in [7, 11) is 3.97. The van der Waals surface area contributed by atoms with Gasteiger partial charge in [-0.2, -0.15) is 5.10 Å².